The number of aromatic amines is 1. The summed E-state index contributed by atoms with van der Waals surface area (Å²) in [7, 11) is 0. The molecule has 1 unspecified atom stereocenters. The van der Waals surface area contributed by atoms with E-state index in [4.69, 9.17) is 9.97 Å². The minimum atomic E-state index is -0.0566. The predicted molar refractivity (Wildman–Crippen MR) is 94.1 cm³/mol. The van der Waals surface area contributed by atoms with Gasteiger partial charge in [0.2, 0.25) is 5.95 Å². The molecule has 2 aromatic rings. The molecule has 2 aliphatic heterocycles. The Kier molecular flexibility index (Phi) is 3.79. The lowest BCUT2D eigenvalue weighted by Gasteiger charge is -2.33. The molecule has 24 heavy (non-hydrogen) atoms. The van der Waals surface area contributed by atoms with Gasteiger partial charge in [0.15, 0.2) is 0 Å². The Bertz CT molecular complexity index is 737. The number of aromatic nitrogens is 4. The molecule has 0 aromatic carbocycles. The molecular formula is C18H26N6. The number of fused-ring (bicyclic) bond motifs is 2. The second kappa shape index (κ2) is 5.84. The van der Waals surface area contributed by atoms with Gasteiger partial charge in [0.1, 0.15) is 0 Å². The fraction of sp³-hybridized carbons (Fsp3) is 0.611. The molecule has 0 saturated carbocycles. The lowest BCUT2D eigenvalue weighted by molar-refractivity contribution is 0.339. The summed E-state index contributed by atoms with van der Waals surface area (Å²) < 4.78 is 0. The van der Waals surface area contributed by atoms with Crippen molar-refractivity contribution in [3.05, 3.63) is 35.2 Å². The van der Waals surface area contributed by atoms with Crippen LogP contribution in [0.15, 0.2) is 12.4 Å². The van der Waals surface area contributed by atoms with Crippen molar-refractivity contribution in [1.29, 1.82) is 0 Å². The van der Waals surface area contributed by atoms with Gasteiger partial charge in [-0.25, -0.2) is 15.0 Å². The predicted octanol–water partition coefficient (Wildman–Crippen LogP) is 1.96. The van der Waals surface area contributed by atoms with Crippen LogP contribution in [0.5, 0.6) is 0 Å². The molecule has 6 heteroatoms. The Balaban J connectivity index is 1.61. The van der Waals surface area contributed by atoms with Gasteiger partial charge >= 0.3 is 0 Å². The average molecular weight is 326 g/mol. The summed E-state index contributed by atoms with van der Waals surface area (Å²) >= 11 is 0. The molecule has 2 aliphatic rings. The van der Waals surface area contributed by atoms with Crippen LogP contribution in [-0.2, 0) is 18.4 Å². The van der Waals surface area contributed by atoms with Crippen molar-refractivity contribution in [2.45, 2.75) is 45.6 Å². The van der Waals surface area contributed by atoms with Crippen LogP contribution in [0, 0.1) is 12.8 Å². The van der Waals surface area contributed by atoms with E-state index >= 15 is 0 Å². The first-order valence-corrected chi connectivity index (χ1v) is 8.93. The zero-order chi connectivity index (χ0) is 16.7. The Labute approximate surface area is 143 Å². The second-order valence-electron chi connectivity index (χ2n) is 7.56. The van der Waals surface area contributed by atoms with Crippen molar-refractivity contribution in [2.75, 3.05) is 24.5 Å². The summed E-state index contributed by atoms with van der Waals surface area (Å²) in [4.78, 5) is 19.8. The largest absolute Gasteiger partial charge is 0.348 e. The van der Waals surface area contributed by atoms with Crippen LogP contribution in [0.4, 0.5) is 5.95 Å². The summed E-state index contributed by atoms with van der Waals surface area (Å²) in [5.74, 6) is 1.47. The Morgan fingerprint density at radius 2 is 2.21 bits per heavy atom. The number of hydrogen-bond acceptors (Lipinski definition) is 5. The zero-order valence-corrected chi connectivity index (χ0v) is 14.8. The summed E-state index contributed by atoms with van der Waals surface area (Å²) in [5, 5.41) is 3.72. The zero-order valence-electron chi connectivity index (χ0n) is 14.8. The molecule has 0 aliphatic carbocycles. The maximum atomic E-state index is 4.84. The maximum Gasteiger partial charge on any atom is 0.225 e. The molecule has 2 aromatic heterocycles. The highest BCUT2D eigenvalue weighted by atomic mass is 15.3. The normalized spacial score (nSPS) is 23.2. The molecule has 4 heterocycles. The van der Waals surface area contributed by atoms with Gasteiger partial charge < -0.3 is 15.2 Å². The number of hydrogen-bond donors (Lipinski definition) is 2. The van der Waals surface area contributed by atoms with E-state index < -0.39 is 0 Å². The van der Waals surface area contributed by atoms with Crippen molar-refractivity contribution >= 4 is 5.95 Å². The van der Waals surface area contributed by atoms with Gasteiger partial charge in [-0.05, 0) is 31.7 Å². The number of imidazole rings is 1. The summed E-state index contributed by atoms with van der Waals surface area (Å²) in [5.41, 5.74) is 4.60. The van der Waals surface area contributed by atoms with Crippen LogP contribution in [0.1, 0.15) is 43.0 Å². The van der Waals surface area contributed by atoms with Gasteiger partial charge in [-0.1, -0.05) is 13.8 Å². The van der Waals surface area contributed by atoms with Crippen molar-refractivity contribution < 1.29 is 0 Å². The van der Waals surface area contributed by atoms with Gasteiger partial charge in [-0.3, -0.25) is 0 Å². The number of nitrogens with zero attached hydrogens (tertiary/aromatic N) is 4. The smallest absolute Gasteiger partial charge is 0.225 e. The van der Waals surface area contributed by atoms with Crippen LogP contribution in [0.2, 0.25) is 0 Å². The first-order valence-electron chi connectivity index (χ1n) is 8.93. The summed E-state index contributed by atoms with van der Waals surface area (Å²) in [6, 6.07) is 2.11. The van der Waals surface area contributed by atoms with E-state index in [0.717, 1.165) is 56.2 Å². The van der Waals surface area contributed by atoms with Crippen molar-refractivity contribution in [3.8, 4) is 0 Å². The third-order valence-corrected chi connectivity index (χ3v) is 5.07. The van der Waals surface area contributed by atoms with Crippen LogP contribution in [0.3, 0.4) is 0 Å². The minimum Gasteiger partial charge on any atom is -0.348 e. The Morgan fingerprint density at radius 1 is 1.33 bits per heavy atom. The van der Waals surface area contributed by atoms with E-state index in [2.05, 4.69) is 47.0 Å². The second-order valence-corrected chi connectivity index (χ2v) is 7.56. The highest BCUT2D eigenvalue weighted by Gasteiger charge is 2.45. The first-order chi connectivity index (χ1) is 11.6. The van der Waals surface area contributed by atoms with E-state index in [1.165, 1.54) is 11.4 Å². The summed E-state index contributed by atoms with van der Waals surface area (Å²) in [6.07, 6.45) is 4.89. The van der Waals surface area contributed by atoms with Crippen LogP contribution in [-0.4, -0.2) is 39.6 Å². The van der Waals surface area contributed by atoms with Gasteiger partial charge in [0.05, 0.1) is 17.6 Å². The maximum absolute atomic E-state index is 4.84. The quantitative estimate of drug-likeness (QED) is 0.902. The van der Waals surface area contributed by atoms with Crippen LogP contribution in [0.25, 0.3) is 0 Å². The standard InChI is InChI=1S/C18H26N6/c1-12(2)8-14-9-13(3)22-17(23-14)24-7-5-18(10-24)16-15(4-6-21-18)19-11-20-16/h9,11-12,21H,4-8,10H2,1-3H3,(H,19,20). The van der Waals surface area contributed by atoms with E-state index in [-0.39, 0.29) is 5.54 Å². The van der Waals surface area contributed by atoms with E-state index in [9.17, 15) is 0 Å². The molecule has 1 spiro atoms. The lowest BCUT2D eigenvalue weighted by atomic mass is 9.89. The monoisotopic (exact) mass is 326 g/mol. The molecule has 6 nitrogen and oxygen atoms in total. The van der Waals surface area contributed by atoms with Gasteiger partial charge in [-0.15, -0.1) is 0 Å². The molecule has 0 amide bonds. The highest BCUT2D eigenvalue weighted by Crippen LogP contribution is 2.36. The molecule has 1 saturated heterocycles. The molecule has 0 bridgehead atoms. The molecule has 128 valence electrons. The molecule has 2 N–H and O–H groups in total. The van der Waals surface area contributed by atoms with Gasteiger partial charge in [0, 0.05) is 43.1 Å². The fourth-order valence-electron chi connectivity index (χ4n) is 4.03. The van der Waals surface area contributed by atoms with Crippen molar-refractivity contribution in [1.82, 2.24) is 25.3 Å². The van der Waals surface area contributed by atoms with Gasteiger partial charge in [-0.2, -0.15) is 0 Å². The molecular weight excluding hydrogens is 300 g/mol. The number of H-pyrrole nitrogens is 1. The van der Waals surface area contributed by atoms with E-state index in [1.54, 1.807) is 0 Å². The number of rotatable bonds is 3. The molecule has 1 fully saturated rings. The third-order valence-electron chi connectivity index (χ3n) is 5.07. The highest BCUT2D eigenvalue weighted by molar-refractivity contribution is 5.40. The minimum absolute atomic E-state index is 0.0566. The van der Waals surface area contributed by atoms with Gasteiger partial charge in [0.25, 0.3) is 0 Å². The fourth-order valence-corrected chi connectivity index (χ4v) is 4.03. The van der Waals surface area contributed by atoms with E-state index in [0.29, 0.717) is 5.92 Å². The first kappa shape index (κ1) is 15.6. The van der Waals surface area contributed by atoms with E-state index in [1.807, 2.05) is 6.33 Å². The topological polar surface area (TPSA) is 69.7 Å². The molecule has 0 radical (unpaired) electrons. The molecule has 4 rings (SSSR count). The van der Waals surface area contributed by atoms with Crippen molar-refractivity contribution in [2.24, 2.45) is 5.92 Å². The van der Waals surface area contributed by atoms with Crippen molar-refractivity contribution in [3.63, 3.8) is 0 Å². The number of anilines is 1. The lowest BCUT2D eigenvalue weighted by Crippen LogP contribution is -2.49. The Hall–Kier alpha value is -1.95. The SMILES string of the molecule is Cc1cc(CC(C)C)nc(N2CCC3(C2)NCCc2[nH]cnc23)n1. The Morgan fingerprint density at radius 3 is 3.04 bits per heavy atom. The van der Waals surface area contributed by atoms with Crippen LogP contribution < -0.4 is 10.2 Å². The molecule has 1 atom stereocenters. The van der Waals surface area contributed by atoms with Crippen LogP contribution >= 0.6 is 0 Å². The summed E-state index contributed by atoms with van der Waals surface area (Å²) in [6.45, 7) is 9.36. The number of nitrogens with one attached hydrogen (secondary N) is 2. The average Bonchev–Trinajstić information content (AvgIpc) is 3.14. The number of aryl methyl sites for hydroxylation is 1. The third kappa shape index (κ3) is 2.69.